The monoisotopic (exact) mass is 244 g/mol. The molecule has 0 saturated carbocycles. The van der Waals surface area contributed by atoms with Gasteiger partial charge in [-0.25, -0.2) is 0 Å². The van der Waals surface area contributed by atoms with Gasteiger partial charge in [-0.1, -0.05) is 72.5 Å². The Labute approximate surface area is 115 Å². The molecule has 0 aromatic heterocycles. The maximum Gasteiger partial charge on any atom is 0.0284 e. The third-order valence-electron chi connectivity index (χ3n) is 2.69. The van der Waals surface area contributed by atoms with Crippen molar-refractivity contribution in [3.05, 3.63) is 90.5 Å². The molecule has 19 heavy (non-hydrogen) atoms. The zero-order chi connectivity index (χ0) is 13.3. The van der Waals surface area contributed by atoms with Crippen LogP contribution < -0.4 is 0 Å². The van der Waals surface area contributed by atoms with Crippen LogP contribution in [0, 0.1) is 11.8 Å². The van der Waals surface area contributed by atoms with E-state index < -0.39 is 0 Å². The van der Waals surface area contributed by atoms with Gasteiger partial charge in [0.1, 0.15) is 0 Å². The second kappa shape index (κ2) is 7.03. The predicted octanol–water partition coefficient (Wildman–Crippen LogP) is 4.70. The van der Waals surface area contributed by atoms with Crippen molar-refractivity contribution in [1.82, 2.24) is 0 Å². The van der Waals surface area contributed by atoms with Crippen molar-refractivity contribution in [2.45, 2.75) is 6.42 Å². The van der Waals surface area contributed by atoms with Gasteiger partial charge in [0.25, 0.3) is 0 Å². The van der Waals surface area contributed by atoms with Crippen LogP contribution in [0.2, 0.25) is 0 Å². The molecule has 0 radical (unpaired) electrons. The molecule has 0 heterocycles. The first-order valence-corrected chi connectivity index (χ1v) is 6.33. The molecule has 0 spiro atoms. The van der Waals surface area contributed by atoms with Crippen molar-refractivity contribution < 1.29 is 0 Å². The number of benzene rings is 2. The molecule has 0 heteroatoms. The van der Waals surface area contributed by atoms with E-state index in [1.54, 1.807) is 0 Å². The maximum atomic E-state index is 3.75. The molecule has 0 saturated heterocycles. The Balaban J connectivity index is 2.31. The lowest BCUT2D eigenvalue weighted by atomic mass is 10.0. The third-order valence-corrected chi connectivity index (χ3v) is 2.69. The Hall–Kier alpha value is -2.52. The second-order valence-corrected chi connectivity index (χ2v) is 4.12. The van der Waals surface area contributed by atoms with E-state index in [2.05, 4.69) is 36.6 Å². The summed E-state index contributed by atoms with van der Waals surface area (Å²) in [4.78, 5) is 0. The summed E-state index contributed by atoms with van der Waals surface area (Å²) in [5.41, 5.74) is 3.22. The molecule has 2 aromatic rings. The van der Waals surface area contributed by atoms with Gasteiger partial charge in [-0.05, 0) is 24.1 Å². The van der Waals surface area contributed by atoms with Gasteiger partial charge < -0.3 is 0 Å². The minimum atomic E-state index is 0.827. The van der Waals surface area contributed by atoms with E-state index in [1.807, 2.05) is 54.6 Å². The molecule has 0 atom stereocenters. The number of allylic oxidation sites excluding steroid dienone is 3. The average molecular weight is 244 g/mol. The lowest BCUT2D eigenvalue weighted by molar-refractivity contribution is 1.41. The SMILES string of the molecule is C=CC/C=C(/C#Cc1ccccc1)c1ccccc1. The van der Waals surface area contributed by atoms with E-state index in [9.17, 15) is 0 Å². The van der Waals surface area contributed by atoms with Gasteiger partial charge in [-0.2, -0.15) is 0 Å². The molecule has 2 rings (SSSR count). The van der Waals surface area contributed by atoms with Gasteiger partial charge >= 0.3 is 0 Å². The van der Waals surface area contributed by atoms with Gasteiger partial charge in [0.05, 0.1) is 0 Å². The Morgan fingerprint density at radius 1 is 0.947 bits per heavy atom. The van der Waals surface area contributed by atoms with E-state index in [0.29, 0.717) is 0 Å². The van der Waals surface area contributed by atoms with Crippen LogP contribution >= 0.6 is 0 Å². The van der Waals surface area contributed by atoms with E-state index >= 15 is 0 Å². The lowest BCUT2D eigenvalue weighted by Gasteiger charge is -1.99. The summed E-state index contributed by atoms with van der Waals surface area (Å²) < 4.78 is 0. The summed E-state index contributed by atoms with van der Waals surface area (Å²) in [5.74, 6) is 6.45. The highest BCUT2D eigenvalue weighted by molar-refractivity contribution is 5.79. The summed E-state index contributed by atoms with van der Waals surface area (Å²) >= 11 is 0. The van der Waals surface area contributed by atoms with Crippen molar-refractivity contribution in [2.24, 2.45) is 0 Å². The molecular weight excluding hydrogens is 228 g/mol. The summed E-state index contributed by atoms with van der Waals surface area (Å²) in [6.07, 6.45) is 4.82. The Kier molecular flexibility index (Phi) is 4.79. The Morgan fingerprint density at radius 2 is 1.58 bits per heavy atom. The van der Waals surface area contributed by atoms with Crippen molar-refractivity contribution in [2.75, 3.05) is 0 Å². The average Bonchev–Trinajstić information content (AvgIpc) is 2.49. The van der Waals surface area contributed by atoms with Gasteiger partial charge in [0, 0.05) is 11.1 Å². The molecule has 92 valence electrons. The fraction of sp³-hybridized carbons (Fsp3) is 0.0526. The topological polar surface area (TPSA) is 0 Å². The highest BCUT2D eigenvalue weighted by atomic mass is 14.0. The van der Waals surface area contributed by atoms with Crippen LogP contribution in [-0.4, -0.2) is 0 Å². The first kappa shape index (κ1) is 12.9. The molecule has 0 fully saturated rings. The van der Waals surface area contributed by atoms with Crippen molar-refractivity contribution >= 4 is 5.57 Å². The van der Waals surface area contributed by atoms with Crippen LogP contribution in [0.4, 0.5) is 0 Å². The largest absolute Gasteiger partial charge is 0.103 e. The van der Waals surface area contributed by atoms with E-state index in [4.69, 9.17) is 0 Å². The standard InChI is InChI=1S/C19H16/c1-2-3-12-19(18-13-8-5-9-14-18)16-15-17-10-6-4-7-11-17/h2,4-14H,1,3H2/b19-12-. The third kappa shape index (κ3) is 4.01. The minimum Gasteiger partial charge on any atom is -0.103 e. The quantitative estimate of drug-likeness (QED) is 0.542. The molecule has 0 aliphatic carbocycles. The first-order chi connectivity index (χ1) is 9.40. The van der Waals surface area contributed by atoms with Crippen LogP contribution in [-0.2, 0) is 0 Å². The first-order valence-electron chi connectivity index (χ1n) is 6.33. The summed E-state index contributed by atoms with van der Waals surface area (Å²) in [5, 5.41) is 0. The summed E-state index contributed by atoms with van der Waals surface area (Å²) in [7, 11) is 0. The molecule has 0 bridgehead atoms. The number of rotatable bonds is 3. The van der Waals surface area contributed by atoms with Gasteiger partial charge in [0.2, 0.25) is 0 Å². The Bertz CT molecular complexity index is 607. The summed E-state index contributed by atoms with van der Waals surface area (Å²) in [6, 6.07) is 20.3. The predicted molar refractivity (Wildman–Crippen MR) is 82.6 cm³/mol. The Morgan fingerprint density at radius 3 is 2.21 bits per heavy atom. The second-order valence-electron chi connectivity index (χ2n) is 4.12. The maximum absolute atomic E-state index is 3.75. The van der Waals surface area contributed by atoms with Crippen molar-refractivity contribution in [1.29, 1.82) is 0 Å². The van der Waals surface area contributed by atoms with Gasteiger partial charge in [-0.3, -0.25) is 0 Å². The van der Waals surface area contributed by atoms with E-state index in [0.717, 1.165) is 23.1 Å². The molecule has 0 N–H and O–H groups in total. The lowest BCUT2D eigenvalue weighted by Crippen LogP contribution is -1.81. The normalized spacial score (nSPS) is 10.4. The van der Waals surface area contributed by atoms with Gasteiger partial charge in [0.15, 0.2) is 0 Å². The highest BCUT2D eigenvalue weighted by Crippen LogP contribution is 2.14. The van der Waals surface area contributed by atoms with Crippen LogP contribution in [0.5, 0.6) is 0 Å². The van der Waals surface area contributed by atoms with Crippen LogP contribution in [0.1, 0.15) is 17.5 Å². The zero-order valence-electron chi connectivity index (χ0n) is 10.8. The molecule has 0 unspecified atom stereocenters. The molecular formula is C19H16. The van der Waals surface area contributed by atoms with Gasteiger partial charge in [-0.15, -0.1) is 6.58 Å². The molecule has 0 aliphatic heterocycles. The van der Waals surface area contributed by atoms with Crippen molar-refractivity contribution in [3.8, 4) is 11.8 Å². The minimum absolute atomic E-state index is 0.827. The van der Waals surface area contributed by atoms with Crippen LogP contribution in [0.3, 0.4) is 0 Å². The summed E-state index contributed by atoms with van der Waals surface area (Å²) in [6.45, 7) is 3.75. The van der Waals surface area contributed by atoms with Crippen LogP contribution in [0.15, 0.2) is 79.4 Å². The fourth-order valence-corrected chi connectivity index (χ4v) is 1.72. The molecule has 0 amide bonds. The van der Waals surface area contributed by atoms with E-state index in [1.165, 1.54) is 0 Å². The molecule has 2 aromatic carbocycles. The zero-order valence-corrected chi connectivity index (χ0v) is 10.8. The van der Waals surface area contributed by atoms with E-state index in [-0.39, 0.29) is 0 Å². The molecule has 0 nitrogen and oxygen atoms in total. The number of hydrogen-bond donors (Lipinski definition) is 0. The smallest absolute Gasteiger partial charge is 0.0284 e. The fourth-order valence-electron chi connectivity index (χ4n) is 1.72. The van der Waals surface area contributed by atoms with Crippen molar-refractivity contribution in [3.63, 3.8) is 0 Å². The van der Waals surface area contributed by atoms with Crippen LogP contribution in [0.25, 0.3) is 5.57 Å². The molecule has 0 aliphatic rings. The highest BCUT2D eigenvalue weighted by Gasteiger charge is 1.95. The number of hydrogen-bond acceptors (Lipinski definition) is 0.